The van der Waals surface area contributed by atoms with Crippen LogP contribution in [0, 0.1) is 5.92 Å². The average molecular weight is 626 g/mol. The minimum Gasteiger partial charge on any atom is -0.460 e. The van der Waals surface area contributed by atoms with E-state index in [2.05, 4.69) is 22.5 Å². The van der Waals surface area contributed by atoms with E-state index in [4.69, 9.17) is 18.9 Å². The van der Waals surface area contributed by atoms with Crippen LogP contribution in [0.25, 0.3) is 0 Å². The molecule has 2 rings (SSSR count). The summed E-state index contributed by atoms with van der Waals surface area (Å²) in [4.78, 5) is 52.7. The maximum Gasteiger partial charge on any atom is 0.408 e. The molecule has 4 atom stereocenters. The number of hydrogen-bond donors (Lipinski definition) is 3. The van der Waals surface area contributed by atoms with Crippen molar-refractivity contribution in [2.24, 2.45) is 5.92 Å². The minimum absolute atomic E-state index is 0.0625. The molecule has 0 fully saturated rings. The van der Waals surface area contributed by atoms with E-state index < -0.39 is 53.7 Å². The molecule has 0 unspecified atom stereocenters. The van der Waals surface area contributed by atoms with Gasteiger partial charge in [0.1, 0.15) is 24.3 Å². The van der Waals surface area contributed by atoms with Crippen LogP contribution in [0.2, 0.25) is 0 Å². The highest BCUT2D eigenvalue weighted by Gasteiger charge is 2.35. The van der Waals surface area contributed by atoms with E-state index in [1.54, 1.807) is 41.5 Å². The van der Waals surface area contributed by atoms with Crippen molar-refractivity contribution < 1.29 is 38.1 Å². The van der Waals surface area contributed by atoms with Gasteiger partial charge in [-0.15, -0.1) is 0 Å². The van der Waals surface area contributed by atoms with Gasteiger partial charge in [0.15, 0.2) is 6.04 Å². The van der Waals surface area contributed by atoms with Gasteiger partial charge in [-0.3, -0.25) is 9.59 Å². The lowest BCUT2D eigenvalue weighted by Crippen LogP contribution is -2.61. The first-order chi connectivity index (χ1) is 21.3. The van der Waals surface area contributed by atoms with Gasteiger partial charge in [-0.25, -0.2) is 9.59 Å². The summed E-state index contributed by atoms with van der Waals surface area (Å²) in [7, 11) is 0. The Balaban J connectivity index is 2.26. The van der Waals surface area contributed by atoms with E-state index in [1.165, 1.54) is 6.08 Å². The lowest BCUT2D eigenvalue weighted by atomic mass is 10.0. The first kappa shape index (κ1) is 37.0. The third kappa shape index (κ3) is 14.0. The molecule has 11 nitrogen and oxygen atoms in total. The second-order valence-corrected chi connectivity index (χ2v) is 11.8. The number of carbonyl (C=O) groups is 4. The van der Waals surface area contributed by atoms with Crippen molar-refractivity contribution in [3.8, 4) is 0 Å². The quantitative estimate of drug-likeness (QED) is 0.177. The fourth-order valence-electron chi connectivity index (χ4n) is 4.05. The molecule has 2 aromatic carbocycles. The number of amides is 3. The zero-order valence-electron chi connectivity index (χ0n) is 27.0. The second kappa shape index (κ2) is 18.6. The molecule has 0 aliphatic carbocycles. The Hall–Kier alpha value is -4.22. The summed E-state index contributed by atoms with van der Waals surface area (Å²) in [6, 6.07) is 15.2. The molecular weight excluding hydrogens is 578 g/mol. The Morgan fingerprint density at radius 1 is 0.800 bits per heavy atom. The molecule has 0 aliphatic heterocycles. The van der Waals surface area contributed by atoms with Crippen LogP contribution in [0.1, 0.15) is 52.7 Å². The van der Waals surface area contributed by atoms with E-state index in [0.717, 1.165) is 11.1 Å². The highest BCUT2D eigenvalue weighted by atomic mass is 16.6. The molecule has 0 spiro atoms. The Kier molecular flexibility index (Phi) is 15.2. The van der Waals surface area contributed by atoms with Crippen molar-refractivity contribution in [2.45, 2.75) is 84.6 Å². The maximum atomic E-state index is 13.8. The van der Waals surface area contributed by atoms with Gasteiger partial charge in [0.05, 0.1) is 25.9 Å². The molecule has 2 aromatic rings. The van der Waals surface area contributed by atoms with Crippen LogP contribution < -0.4 is 16.0 Å². The molecule has 3 N–H and O–H groups in total. The summed E-state index contributed by atoms with van der Waals surface area (Å²) in [6.45, 7) is 13.9. The number of ether oxygens (including phenoxy) is 4. The molecule has 45 heavy (non-hydrogen) atoms. The summed E-state index contributed by atoms with van der Waals surface area (Å²) in [5, 5.41) is 7.96. The number of carbonyl (C=O) groups excluding carboxylic acids is 4. The average Bonchev–Trinajstić information content (AvgIpc) is 2.99. The predicted molar refractivity (Wildman–Crippen MR) is 170 cm³/mol. The largest absolute Gasteiger partial charge is 0.460 e. The lowest BCUT2D eigenvalue weighted by Gasteiger charge is -2.30. The summed E-state index contributed by atoms with van der Waals surface area (Å²) in [6.07, 6.45) is -0.210. The molecule has 3 amide bonds. The molecule has 0 heterocycles. The normalized spacial score (nSPS) is 13.9. The van der Waals surface area contributed by atoms with Crippen molar-refractivity contribution in [1.82, 2.24) is 16.0 Å². The third-order valence-corrected chi connectivity index (χ3v) is 6.37. The number of hydrogen-bond acceptors (Lipinski definition) is 8. The van der Waals surface area contributed by atoms with Gasteiger partial charge in [0.2, 0.25) is 11.8 Å². The van der Waals surface area contributed by atoms with Crippen LogP contribution >= 0.6 is 0 Å². The summed E-state index contributed by atoms with van der Waals surface area (Å²) in [5.74, 6) is -2.41. The van der Waals surface area contributed by atoms with E-state index in [1.807, 2.05) is 60.7 Å². The summed E-state index contributed by atoms with van der Waals surface area (Å²) < 4.78 is 22.3. The molecule has 0 saturated heterocycles. The molecule has 0 aliphatic rings. The zero-order chi connectivity index (χ0) is 33.4. The molecule has 246 valence electrons. The van der Waals surface area contributed by atoms with Crippen LogP contribution in [-0.4, -0.2) is 66.9 Å². The van der Waals surface area contributed by atoms with Crippen molar-refractivity contribution in [3.63, 3.8) is 0 Å². The highest BCUT2D eigenvalue weighted by molar-refractivity contribution is 5.93. The Morgan fingerprint density at radius 2 is 1.36 bits per heavy atom. The van der Waals surface area contributed by atoms with E-state index in [0.29, 0.717) is 0 Å². The van der Waals surface area contributed by atoms with Gasteiger partial charge in [0.25, 0.3) is 0 Å². The van der Waals surface area contributed by atoms with Crippen LogP contribution in [0.3, 0.4) is 0 Å². The van der Waals surface area contributed by atoms with Gasteiger partial charge >= 0.3 is 12.1 Å². The van der Waals surface area contributed by atoms with E-state index in [9.17, 15) is 19.2 Å². The fourth-order valence-corrected chi connectivity index (χ4v) is 4.05. The van der Waals surface area contributed by atoms with Crippen LogP contribution in [0.5, 0.6) is 0 Å². The van der Waals surface area contributed by atoms with Crippen LogP contribution in [0.4, 0.5) is 4.79 Å². The van der Waals surface area contributed by atoms with Crippen LogP contribution in [0.15, 0.2) is 73.3 Å². The lowest BCUT2D eigenvalue weighted by molar-refractivity contribution is -0.149. The SMILES string of the molecule is C=CCOC(=O)[C@H](COCc1ccccc1)NC(=O)[C@@H](NC(=O)[C@@H](NC(=O)OC(C)(C)C)C(C)C)[C@H](C)OCc1ccccc1. The molecular formula is C34H47N3O8. The molecule has 11 heteroatoms. The maximum absolute atomic E-state index is 13.8. The smallest absolute Gasteiger partial charge is 0.408 e. The van der Waals surface area contributed by atoms with Crippen molar-refractivity contribution in [1.29, 1.82) is 0 Å². The zero-order valence-corrected chi connectivity index (χ0v) is 27.0. The molecule has 0 saturated carbocycles. The van der Waals surface area contributed by atoms with Gasteiger partial charge in [-0.05, 0) is 44.7 Å². The van der Waals surface area contributed by atoms with Gasteiger partial charge in [-0.1, -0.05) is 87.2 Å². The Labute approximate surface area is 266 Å². The molecule has 0 radical (unpaired) electrons. The predicted octanol–water partition coefficient (Wildman–Crippen LogP) is 4.06. The van der Waals surface area contributed by atoms with Crippen LogP contribution in [-0.2, 0) is 46.5 Å². The Morgan fingerprint density at radius 3 is 1.89 bits per heavy atom. The second-order valence-electron chi connectivity index (χ2n) is 11.8. The number of nitrogens with one attached hydrogen (secondary N) is 3. The fraction of sp³-hybridized carbons (Fsp3) is 0.471. The number of esters is 1. The first-order valence-corrected chi connectivity index (χ1v) is 15.0. The summed E-state index contributed by atoms with van der Waals surface area (Å²) in [5.41, 5.74) is 0.969. The van der Waals surface area contributed by atoms with Crippen molar-refractivity contribution >= 4 is 23.9 Å². The summed E-state index contributed by atoms with van der Waals surface area (Å²) >= 11 is 0. The monoisotopic (exact) mass is 625 g/mol. The van der Waals surface area contributed by atoms with Gasteiger partial charge in [-0.2, -0.15) is 0 Å². The number of benzene rings is 2. The molecule has 0 bridgehead atoms. The van der Waals surface area contributed by atoms with E-state index >= 15 is 0 Å². The standard InChI is InChI=1S/C34H47N3O8/c1-8-19-43-32(40)27(22-42-20-25-15-11-9-12-16-25)35-31(39)29(24(4)44-21-26-17-13-10-14-18-26)36-30(38)28(23(2)3)37-33(41)45-34(5,6)7/h8-18,23-24,27-29H,1,19-22H2,2-7H3,(H,35,39)(H,36,38)(H,37,41)/t24-,27-,28-,29-/m0/s1. The highest BCUT2D eigenvalue weighted by Crippen LogP contribution is 2.12. The number of rotatable bonds is 17. The van der Waals surface area contributed by atoms with E-state index in [-0.39, 0.29) is 32.3 Å². The third-order valence-electron chi connectivity index (χ3n) is 6.37. The Bertz CT molecular complexity index is 1230. The first-order valence-electron chi connectivity index (χ1n) is 15.0. The van der Waals surface area contributed by atoms with Crippen molar-refractivity contribution in [3.05, 3.63) is 84.4 Å². The van der Waals surface area contributed by atoms with Crippen molar-refractivity contribution in [2.75, 3.05) is 13.2 Å². The topological polar surface area (TPSA) is 141 Å². The molecule has 0 aromatic heterocycles. The van der Waals surface area contributed by atoms with Gasteiger partial charge < -0.3 is 34.9 Å². The minimum atomic E-state index is -1.26. The number of alkyl carbamates (subject to hydrolysis) is 1. The van der Waals surface area contributed by atoms with Gasteiger partial charge in [0, 0.05) is 0 Å².